The van der Waals surface area contributed by atoms with Crippen LogP contribution < -0.4 is 19.1 Å². The van der Waals surface area contributed by atoms with Crippen molar-refractivity contribution in [1.29, 1.82) is 0 Å². The lowest BCUT2D eigenvalue weighted by atomic mass is 10.1. The van der Waals surface area contributed by atoms with Crippen LogP contribution in [0.15, 0.2) is 78.9 Å². The van der Waals surface area contributed by atoms with Gasteiger partial charge in [0.2, 0.25) is 21.8 Å². The summed E-state index contributed by atoms with van der Waals surface area (Å²) in [4.78, 5) is 28.2. The summed E-state index contributed by atoms with van der Waals surface area (Å²) in [6.07, 6.45) is 1.04. The molecule has 10 heteroatoms. The second-order valence-corrected chi connectivity index (χ2v) is 12.4. The van der Waals surface area contributed by atoms with Gasteiger partial charge in [0.05, 0.1) is 19.1 Å². The third kappa shape index (κ3) is 8.74. The molecule has 0 aliphatic rings. The van der Waals surface area contributed by atoms with Gasteiger partial charge in [-0.25, -0.2) is 8.42 Å². The van der Waals surface area contributed by atoms with Crippen LogP contribution in [0.2, 0.25) is 0 Å². The van der Waals surface area contributed by atoms with E-state index in [1.54, 1.807) is 56.5 Å². The van der Waals surface area contributed by atoms with Gasteiger partial charge >= 0.3 is 0 Å². The number of nitrogens with one attached hydrogen (secondary N) is 1. The average molecular weight is 568 g/mol. The Balaban J connectivity index is 1.88. The summed E-state index contributed by atoms with van der Waals surface area (Å²) in [6.45, 7) is 6.76. The van der Waals surface area contributed by atoms with E-state index in [1.165, 1.54) is 4.90 Å². The standard InChI is InChI=1S/C30H37N3O6S/c1-22(29(35)31-30(2,3)4)32(20-23-11-10-14-27(19-23)38-5)28(34)21-33(40(6,36)37)24-15-17-26(18-16-24)39-25-12-8-7-9-13-25/h7-19,22H,20-21H2,1-6H3,(H,31,35). The van der Waals surface area contributed by atoms with E-state index in [4.69, 9.17) is 9.47 Å². The number of para-hydroxylation sites is 1. The first kappa shape index (κ1) is 30.5. The van der Waals surface area contributed by atoms with Gasteiger partial charge in [-0.1, -0.05) is 30.3 Å². The van der Waals surface area contributed by atoms with Gasteiger partial charge in [-0.15, -0.1) is 0 Å². The van der Waals surface area contributed by atoms with E-state index >= 15 is 0 Å². The van der Waals surface area contributed by atoms with Crippen molar-refractivity contribution in [3.05, 3.63) is 84.4 Å². The number of benzene rings is 3. The number of nitrogens with zero attached hydrogens (tertiary/aromatic N) is 2. The lowest BCUT2D eigenvalue weighted by molar-refractivity contribution is -0.140. The highest BCUT2D eigenvalue weighted by Crippen LogP contribution is 2.26. The van der Waals surface area contributed by atoms with E-state index in [9.17, 15) is 18.0 Å². The van der Waals surface area contributed by atoms with E-state index in [2.05, 4.69) is 5.32 Å². The summed E-state index contributed by atoms with van der Waals surface area (Å²) < 4.78 is 37.8. The molecular weight excluding hydrogens is 530 g/mol. The zero-order valence-corrected chi connectivity index (χ0v) is 24.6. The van der Waals surface area contributed by atoms with Gasteiger partial charge in [-0.05, 0) is 81.8 Å². The van der Waals surface area contributed by atoms with Gasteiger partial charge in [0.15, 0.2) is 0 Å². The summed E-state index contributed by atoms with van der Waals surface area (Å²) in [7, 11) is -2.31. The smallest absolute Gasteiger partial charge is 0.244 e. The van der Waals surface area contributed by atoms with Crippen molar-refractivity contribution >= 4 is 27.5 Å². The number of methoxy groups -OCH3 is 1. The molecule has 0 aliphatic heterocycles. The molecule has 214 valence electrons. The Kier molecular flexibility index (Phi) is 9.81. The maximum absolute atomic E-state index is 13.7. The van der Waals surface area contributed by atoms with E-state index < -0.39 is 34.1 Å². The highest BCUT2D eigenvalue weighted by atomic mass is 32.2. The molecule has 3 aromatic rings. The lowest BCUT2D eigenvalue weighted by Gasteiger charge is -2.33. The van der Waals surface area contributed by atoms with Crippen LogP contribution in [0.4, 0.5) is 5.69 Å². The molecule has 40 heavy (non-hydrogen) atoms. The third-order valence-electron chi connectivity index (χ3n) is 5.94. The summed E-state index contributed by atoms with van der Waals surface area (Å²) in [5.74, 6) is 0.877. The summed E-state index contributed by atoms with van der Waals surface area (Å²) in [5.41, 5.74) is 0.513. The molecule has 1 N–H and O–H groups in total. The minimum Gasteiger partial charge on any atom is -0.497 e. The van der Waals surface area contributed by atoms with Crippen LogP contribution in [0.1, 0.15) is 33.3 Å². The molecular formula is C30H37N3O6S. The lowest BCUT2D eigenvalue weighted by Crippen LogP contribution is -2.54. The SMILES string of the molecule is COc1cccc(CN(C(=O)CN(c2ccc(Oc3ccccc3)cc2)S(C)(=O)=O)C(C)C(=O)NC(C)(C)C)c1. The maximum atomic E-state index is 13.7. The molecule has 1 atom stereocenters. The number of anilines is 1. The molecule has 3 rings (SSSR count). The monoisotopic (exact) mass is 567 g/mol. The largest absolute Gasteiger partial charge is 0.497 e. The van der Waals surface area contributed by atoms with Crippen LogP contribution in [-0.4, -0.2) is 56.6 Å². The molecule has 0 bridgehead atoms. The second-order valence-electron chi connectivity index (χ2n) is 10.5. The zero-order chi connectivity index (χ0) is 29.5. The summed E-state index contributed by atoms with van der Waals surface area (Å²) in [6, 6.07) is 21.9. The number of hydrogen-bond acceptors (Lipinski definition) is 6. The topological polar surface area (TPSA) is 105 Å². The average Bonchev–Trinajstić information content (AvgIpc) is 2.89. The van der Waals surface area contributed by atoms with Gasteiger partial charge in [0, 0.05) is 12.1 Å². The Morgan fingerprint density at radius 3 is 2.08 bits per heavy atom. The van der Waals surface area contributed by atoms with Gasteiger partial charge < -0.3 is 19.7 Å². The third-order valence-corrected chi connectivity index (χ3v) is 7.08. The number of sulfonamides is 1. The number of hydrogen-bond donors (Lipinski definition) is 1. The number of amides is 2. The first-order chi connectivity index (χ1) is 18.8. The Labute approximate surface area is 236 Å². The number of carbonyl (C=O) groups is 2. The first-order valence-electron chi connectivity index (χ1n) is 12.8. The van der Waals surface area contributed by atoms with Gasteiger partial charge in [0.1, 0.15) is 29.8 Å². The minimum atomic E-state index is -3.85. The summed E-state index contributed by atoms with van der Waals surface area (Å²) in [5, 5.41) is 2.90. The van der Waals surface area contributed by atoms with Crippen molar-refractivity contribution in [2.24, 2.45) is 0 Å². The maximum Gasteiger partial charge on any atom is 0.244 e. The zero-order valence-electron chi connectivity index (χ0n) is 23.7. The van der Waals surface area contributed by atoms with Crippen molar-refractivity contribution < 1.29 is 27.5 Å². The molecule has 0 saturated heterocycles. The fourth-order valence-electron chi connectivity index (χ4n) is 3.94. The van der Waals surface area contributed by atoms with Crippen molar-refractivity contribution in [1.82, 2.24) is 10.2 Å². The molecule has 0 spiro atoms. The fourth-order valence-corrected chi connectivity index (χ4v) is 4.79. The van der Waals surface area contributed by atoms with Crippen LogP contribution >= 0.6 is 0 Å². The number of rotatable bonds is 11. The molecule has 0 aliphatic carbocycles. The molecule has 0 heterocycles. The Bertz CT molecular complexity index is 1400. The Morgan fingerprint density at radius 1 is 0.900 bits per heavy atom. The highest BCUT2D eigenvalue weighted by Gasteiger charge is 2.31. The van der Waals surface area contributed by atoms with Crippen LogP contribution in [0.25, 0.3) is 0 Å². The van der Waals surface area contributed by atoms with Crippen molar-refractivity contribution in [3.63, 3.8) is 0 Å². The molecule has 0 radical (unpaired) electrons. The molecule has 3 aromatic carbocycles. The van der Waals surface area contributed by atoms with E-state index in [0.29, 0.717) is 22.9 Å². The van der Waals surface area contributed by atoms with E-state index in [0.717, 1.165) is 16.1 Å². The Hall–Kier alpha value is -4.05. The second kappa shape index (κ2) is 12.9. The quantitative estimate of drug-likeness (QED) is 0.364. The molecule has 2 amide bonds. The predicted octanol–water partition coefficient (Wildman–Crippen LogP) is 4.59. The molecule has 0 saturated carbocycles. The molecule has 9 nitrogen and oxygen atoms in total. The van der Waals surface area contributed by atoms with Crippen molar-refractivity contribution in [3.8, 4) is 17.2 Å². The molecule has 0 aromatic heterocycles. The van der Waals surface area contributed by atoms with Gasteiger partial charge in [-0.3, -0.25) is 13.9 Å². The van der Waals surface area contributed by atoms with Gasteiger partial charge in [-0.2, -0.15) is 0 Å². The molecule has 1 unspecified atom stereocenters. The normalized spacial score (nSPS) is 12.2. The molecule has 0 fully saturated rings. The summed E-state index contributed by atoms with van der Waals surface area (Å²) >= 11 is 0. The first-order valence-corrected chi connectivity index (χ1v) is 14.7. The van der Waals surface area contributed by atoms with Crippen molar-refractivity contribution in [2.75, 3.05) is 24.2 Å². The fraction of sp³-hybridized carbons (Fsp3) is 0.333. The van der Waals surface area contributed by atoms with Crippen molar-refractivity contribution in [2.45, 2.75) is 45.8 Å². The number of ether oxygens (including phenoxy) is 2. The highest BCUT2D eigenvalue weighted by molar-refractivity contribution is 7.92. The van der Waals surface area contributed by atoms with E-state index in [1.807, 2.05) is 57.2 Å². The Morgan fingerprint density at radius 2 is 1.50 bits per heavy atom. The van der Waals surface area contributed by atoms with Crippen LogP contribution in [0.5, 0.6) is 17.2 Å². The number of carbonyl (C=O) groups excluding carboxylic acids is 2. The van der Waals surface area contributed by atoms with Crippen LogP contribution in [0.3, 0.4) is 0 Å². The van der Waals surface area contributed by atoms with Crippen LogP contribution in [0, 0.1) is 0 Å². The minimum absolute atomic E-state index is 0.0796. The van der Waals surface area contributed by atoms with Crippen LogP contribution in [-0.2, 0) is 26.2 Å². The van der Waals surface area contributed by atoms with E-state index in [-0.39, 0.29) is 12.5 Å². The van der Waals surface area contributed by atoms with Gasteiger partial charge in [0.25, 0.3) is 0 Å². The predicted molar refractivity (Wildman–Crippen MR) is 156 cm³/mol.